The first-order chi connectivity index (χ1) is 11.7. The second-order valence-electron chi connectivity index (χ2n) is 5.83. The van der Waals surface area contributed by atoms with Gasteiger partial charge in [-0.25, -0.2) is 9.59 Å². The van der Waals surface area contributed by atoms with Gasteiger partial charge in [0, 0.05) is 6.42 Å². The SMILES string of the molecule is CCC1(C(=O)OC)C[C@@H](n2cc(F)c(=O)[nH]c2=O)O[C@@]1(CC)C(=O)O. The Balaban J connectivity index is 2.66. The number of carboxylic acids is 1. The minimum Gasteiger partial charge on any atom is -0.479 e. The number of nitrogens with zero attached hydrogens (tertiary/aromatic N) is 1. The fourth-order valence-electron chi connectivity index (χ4n) is 3.53. The lowest BCUT2D eigenvalue weighted by molar-refractivity contribution is -0.191. The van der Waals surface area contributed by atoms with E-state index in [0.717, 1.165) is 11.7 Å². The fraction of sp³-hybridized carbons (Fsp3) is 0.600. The molecule has 9 nitrogen and oxygen atoms in total. The highest BCUT2D eigenvalue weighted by Gasteiger charge is 2.67. The molecule has 3 atom stereocenters. The van der Waals surface area contributed by atoms with E-state index in [2.05, 4.69) is 0 Å². The Bertz CT molecular complexity index is 817. The molecule has 1 aromatic heterocycles. The maximum Gasteiger partial charge on any atom is 0.337 e. The highest BCUT2D eigenvalue weighted by molar-refractivity contribution is 5.90. The van der Waals surface area contributed by atoms with Crippen molar-refractivity contribution in [1.29, 1.82) is 0 Å². The van der Waals surface area contributed by atoms with Crippen LogP contribution >= 0.6 is 0 Å². The van der Waals surface area contributed by atoms with Crippen molar-refractivity contribution in [1.82, 2.24) is 9.55 Å². The van der Waals surface area contributed by atoms with Crippen LogP contribution in [-0.4, -0.2) is 39.3 Å². The summed E-state index contributed by atoms with van der Waals surface area (Å²) in [7, 11) is 1.13. The van der Waals surface area contributed by atoms with E-state index in [1.165, 1.54) is 6.92 Å². The van der Waals surface area contributed by atoms with E-state index in [9.17, 15) is 28.7 Å². The van der Waals surface area contributed by atoms with Crippen molar-refractivity contribution in [3.05, 3.63) is 32.9 Å². The van der Waals surface area contributed by atoms with Gasteiger partial charge in [-0.2, -0.15) is 4.39 Å². The van der Waals surface area contributed by atoms with Crippen LogP contribution in [0.25, 0.3) is 0 Å². The van der Waals surface area contributed by atoms with E-state index in [0.29, 0.717) is 6.20 Å². The van der Waals surface area contributed by atoms with E-state index in [1.54, 1.807) is 11.9 Å². The maximum atomic E-state index is 13.6. The average Bonchev–Trinajstić information content (AvgIpc) is 2.94. The first-order valence-corrected chi connectivity index (χ1v) is 7.69. The third kappa shape index (κ3) is 2.56. The zero-order valence-corrected chi connectivity index (χ0v) is 14.0. The summed E-state index contributed by atoms with van der Waals surface area (Å²) in [6, 6.07) is 0. The molecule has 0 aliphatic carbocycles. The third-order valence-electron chi connectivity index (χ3n) is 4.89. The average molecular weight is 358 g/mol. The number of hydrogen-bond acceptors (Lipinski definition) is 6. The molecule has 138 valence electrons. The van der Waals surface area contributed by atoms with Crippen LogP contribution in [0.4, 0.5) is 4.39 Å². The van der Waals surface area contributed by atoms with Crippen molar-refractivity contribution in [2.75, 3.05) is 7.11 Å². The van der Waals surface area contributed by atoms with Gasteiger partial charge in [0.05, 0.1) is 13.3 Å². The van der Waals surface area contributed by atoms with Crippen LogP contribution in [0, 0.1) is 11.2 Å². The minimum atomic E-state index is -1.95. The summed E-state index contributed by atoms with van der Waals surface area (Å²) in [5.41, 5.74) is -5.69. The lowest BCUT2D eigenvalue weighted by Crippen LogP contribution is -2.55. The molecule has 1 aliphatic rings. The van der Waals surface area contributed by atoms with Gasteiger partial charge in [0.15, 0.2) is 5.60 Å². The summed E-state index contributed by atoms with van der Waals surface area (Å²) < 4.78 is 24.7. The number of aromatic nitrogens is 2. The van der Waals surface area contributed by atoms with Crippen molar-refractivity contribution in [3.8, 4) is 0 Å². The summed E-state index contributed by atoms with van der Waals surface area (Å²) >= 11 is 0. The van der Waals surface area contributed by atoms with Crippen LogP contribution < -0.4 is 11.2 Å². The molecule has 0 aromatic carbocycles. The van der Waals surface area contributed by atoms with Crippen molar-refractivity contribution < 1.29 is 28.6 Å². The summed E-state index contributed by atoms with van der Waals surface area (Å²) in [5, 5.41) is 9.76. The molecule has 0 amide bonds. The molecule has 1 aromatic rings. The van der Waals surface area contributed by atoms with Gasteiger partial charge < -0.3 is 14.6 Å². The number of carbonyl (C=O) groups is 2. The van der Waals surface area contributed by atoms with E-state index >= 15 is 0 Å². The smallest absolute Gasteiger partial charge is 0.337 e. The number of rotatable bonds is 5. The molecular weight excluding hydrogens is 339 g/mol. The normalized spacial score (nSPS) is 28.7. The van der Waals surface area contributed by atoms with Crippen LogP contribution in [-0.2, 0) is 19.1 Å². The molecule has 25 heavy (non-hydrogen) atoms. The van der Waals surface area contributed by atoms with Gasteiger partial charge in [-0.3, -0.25) is 19.1 Å². The topological polar surface area (TPSA) is 128 Å². The molecule has 2 rings (SSSR count). The summed E-state index contributed by atoms with van der Waals surface area (Å²) in [5.74, 6) is -3.41. The first-order valence-electron chi connectivity index (χ1n) is 7.69. The maximum absolute atomic E-state index is 13.6. The van der Waals surface area contributed by atoms with Crippen molar-refractivity contribution in [2.45, 2.75) is 44.9 Å². The number of H-pyrrole nitrogens is 1. The van der Waals surface area contributed by atoms with Gasteiger partial charge in [0.2, 0.25) is 5.82 Å². The summed E-state index contributed by atoms with van der Waals surface area (Å²) in [6.45, 7) is 3.13. The Hall–Kier alpha value is -2.49. The van der Waals surface area contributed by atoms with Gasteiger partial charge in [-0.15, -0.1) is 0 Å². The van der Waals surface area contributed by atoms with Crippen molar-refractivity contribution in [3.63, 3.8) is 0 Å². The molecule has 0 radical (unpaired) electrons. The quantitative estimate of drug-likeness (QED) is 0.729. The van der Waals surface area contributed by atoms with E-state index in [4.69, 9.17) is 9.47 Å². The second-order valence-corrected chi connectivity index (χ2v) is 5.83. The van der Waals surface area contributed by atoms with E-state index in [-0.39, 0.29) is 19.3 Å². The molecule has 0 saturated carbocycles. The van der Waals surface area contributed by atoms with Gasteiger partial charge >= 0.3 is 17.6 Å². The predicted octanol–water partition coefficient (Wildman–Crippen LogP) is 0.397. The highest BCUT2D eigenvalue weighted by Crippen LogP contribution is 2.55. The standard InChI is InChI=1S/C15H19FN2O7/c1-4-14(12(22)24-3)6-9(25-15(14,5-2)11(20)21)18-7-8(16)10(19)17-13(18)23/h7,9H,4-6H2,1-3H3,(H,20,21)(H,17,19,23)/t9-,14?,15-/m0/s1. The number of carboxylic acid groups (broad SMARTS) is 1. The third-order valence-corrected chi connectivity index (χ3v) is 4.89. The molecule has 0 spiro atoms. The van der Waals surface area contributed by atoms with Crippen molar-refractivity contribution in [2.24, 2.45) is 5.41 Å². The molecule has 0 bridgehead atoms. The molecule has 1 unspecified atom stereocenters. The largest absolute Gasteiger partial charge is 0.479 e. The number of aliphatic carboxylic acids is 1. The van der Waals surface area contributed by atoms with Crippen LogP contribution in [0.2, 0.25) is 0 Å². The number of carbonyl (C=O) groups excluding carboxylic acids is 1. The number of halogens is 1. The molecule has 1 aliphatic heterocycles. The molecule has 10 heteroatoms. The van der Waals surface area contributed by atoms with Gasteiger partial charge in [0.25, 0.3) is 5.56 Å². The fourth-order valence-corrected chi connectivity index (χ4v) is 3.53. The Labute approximate surface area is 141 Å². The van der Waals surface area contributed by atoms with Crippen LogP contribution in [0.15, 0.2) is 15.8 Å². The number of ether oxygens (including phenoxy) is 2. The lowest BCUT2D eigenvalue weighted by Gasteiger charge is -2.37. The minimum absolute atomic E-state index is 0.0664. The second kappa shape index (κ2) is 6.43. The molecular formula is C15H19FN2O7. The molecule has 2 N–H and O–H groups in total. The van der Waals surface area contributed by atoms with Crippen LogP contribution in [0.5, 0.6) is 0 Å². The molecule has 2 heterocycles. The summed E-state index contributed by atoms with van der Waals surface area (Å²) in [4.78, 5) is 49.4. The highest BCUT2D eigenvalue weighted by atomic mass is 19.1. The Morgan fingerprint density at radius 1 is 1.44 bits per heavy atom. The number of aromatic amines is 1. The zero-order valence-electron chi connectivity index (χ0n) is 14.0. The number of methoxy groups -OCH3 is 1. The first kappa shape index (κ1) is 18.8. The number of esters is 1. The summed E-state index contributed by atoms with van der Waals surface area (Å²) in [6.07, 6.45) is -0.855. The number of nitrogens with one attached hydrogen (secondary N) is 1. The Morgan fingerprint density at radius 3 is 2.56 bits per heavy atom. The van der Waals surface area contributed by atoms with Crippen LogP contribution in [0.1, 0.15) is 39.3 Å². The van der Waals surface area contributed by atoms with Gasteiger partial charge in [-0.1, -0.05) is 13.8 Å². The van der Waals surface area contributed by atoms with Crippen LogP contribution in [0.3, 0.4) is 0 Å². The van der Waals surface area contributed by atoms with E-state index in [1.807, 2.05) is 0 Å². The molecule has 1 fully saturated rings. The van der Waals surface area contributed by atoms with Gasteiger partial charge in [-0.05, 0) is 12.8 Å². The number of hydrogen-bond donors (Lipinski definition) is 2. The lowest BCUT2D eigenvalue weighted by atomic mass is 9.68. The Morgan fingerprint density at radius 2 is 2.08 bits per heavy atom. The van der Waals surface area contributed by atoms with Crippen molar-refractivity contribution >= 4 is 11.9 Å². The van der Waals surface area contributed by atoms with E-state index < -0.39 is 46.2 Å². The monoisotopic (exact) mass is 358 g/mol. The zero-order chi connectivity index (χ0) is 19.0. The molecule has 1 saturated heterocycles. The predicted molar refractivity (Wildman–Crippen MR) is 81.4 cm³/mol. The Kier molecular flexibility index (Phi) is 4.85. The van der Waals surface area contributed by atoms with Gasteiger partial charge in [0.1, 0.15) is 11.6 Å².